The largest absolute Gasteiger partial charge is 0.320 e. The van der Waals surface area contributed by atoms with Gasteiger partial charge in [-0.25, -0.2) is 0 Å². The van der Waals surface area contributed by atoms with Crippen LogP contribution in [0, 0.1) is 5.92 Å². The van der Waals surface area contributed by atoms with Crippen LogP contribution in [0.5, 0.6) is 0 Å². The third-order valence-corrected chi connectivity index (χ3v) is 3.74. The van der Waals surface area contributed by atoms with Gasteiger partial charge in [0.15, 0.2) is 0 Å². The average Bonchev–Trinajstić information content (AvgIpc) is 2.69. The van der Waals surface area contributed by atoms with Crippen LogP contribution in [0.3, 0.4) is 0 Å². The van der Waals surface area contributed by atoms with Crippen molar-refractivity contribution in [1.82, 2.24) is 0 Å². The van der Waals surface area contributed by atoms with Crippen molar-refractivity contribution < 1.29 is 4.79 Å². The van der Waals surface area contributed by atoms with E-state index in [9.17, 15) is 4.79 Å². The van der Waals surface area contributed by atoms with E-state index in [1.807, 2.05) is 17.0 Å². The molecule has 1 aromatic carbocycles. The molecule has 1 heterocycles. The van der Waals surface area contributed by atoms with E-state index >= 15 is 0 Å². The van der Waals surface area contributed by atoms with Crippen LogP contribution in [0.4, 0.5) is 5.69 Å². The summed E-state index contributed by atoms with van der Waals surface area (Å²) in [6.07, 6.45) is 1.65. The number of carbonyl (C=O) groups excluding carboxylic acids is 1. The lowest BCUT2D eigenvalue weighted by Gasteiger charge is -2.22. The highest BCUT2D eigenvalue weighted by molar-refractivity contribution is 9.10. The van der Waals surface area contributed by atoms with Gasteiger partial charge in [-0.3, -0.25) is 4.79 Å². The van der Waals surface area contributed by atoms with Crippen LogP contribution in [0.1, 0.15) is 25.8 Å². The highest BCUT2D eigenvalue weighted by Crippen LogP contribution is 2.31. The number of carbonyl (C=O) groups is 1. The molecule has 0 fully saturated rings. The van der Waals surface area contributed by atoms with Gasteiger partial charge in [0.2, 0.25) is 5.91 Å². The monoisotopic (exact) mass is 310 g/mol. The Morgan fingerprint density at radius 2 is 2.22 bits per heavy atom. The molecule has 0 saturated heterocycles. The van der Waals surface area contributed by atoms with Crippen LogP contribution >= 0.6 is 15.9 Å². The Kier molecular flexibility index (Phi) is 4.07. The van der Waals surface area contributed by atoms with Crippen molar-refractivity contribution in [1.29, 1.82) is 0 Å². The SMILES string of the molecule is CC(C)C[C@H](N)C(=O)N1CCc2ccc(Br)cc21. The van der Waals surface area contributed by atoms with Crippen molar-refractivity contribution in [2.75, 3.05) is 11.4 Å². The fourth-order valence-electron chi connectivity index (χ4n) is 2.39. The van der Waals surface area contributed by atoms with E-state index in [1.54, 1.807) is 0 Å². The van der Waals surface area contributed by atoms with E-state index in [-0.39, 0.29) is 5.91 Å². The first kappa shape index (κ1) is 13.6. The average molecular weight is 311 g/mol. The van der Waals surface area contributed by atoms with Gasteiger partial charge >= 0.3 is 0 Å². The number of anilines is 1. The van der Waals surface area contributed by atoms with Crippen LogP contribution in [0.15, 0.2) is 22.7 Å². The lowest BCUT2D eigenvalue weighted by Crippen LogP contribution is -2.43. The molecule has 18 heavy (non-hydrogen) atoms. The topological polar surface area (TPSA) is 46.3 Å². The molecule has 1 atom stereocenters. The number of fused-ring (bicyclic) bond motifs is 1. The molecular formula is C14H19BrN2O. The maximum atomic E-state index is 12.3. The Bertz CT molecular complexity index is 459. The summed E-state index contributed by atoms with van der Waals surface area (Å²) < 4.78 is 0.999. The number of hydrogen-bond acceptors (Lipinski definition) is 2. The molecule has 0 radical (unpaired) electrons. The number of halogens is 1. The second kappa shape index (κ2) is 5.41. The predicted octanol–water partition coefficient (Wildman–Crippen LogP) is 2.71. The molecule has 1 amide bonds. The normalized spacial score (nSPS) is 15.9. The van der Waals surface area contributed by atoms with E-state index in [4.69, 9.17) is 5.73 Å². The smallest absolute Gasteiger partial charge is 0.243 e. The molecule has 0 aromatic heterocycles. The van der Waals surface area contributed by atoms with E-state index in [0.717, 1.165) is 29.5 Å². The first-order valence-electron chi connectivity index (χ1n) is 6.34. The summed E-state index contributed by atoms with van der Waals surface area (Å²) >= 11 is 3.45. The Hall–Kier alpha value is -0.870. The second-order valence-electron chi connectivity index (χ2n) is 5.25. The molecule has 1 aliphatic heterocycles. The lowest BCUT2D eigenvalue weighted by molar-refractivity contribution is -0.120. The molecule has 98 valence electrons. The summed E-state index contributed by atoms with van der Waals surface area (Å²) in [5.41, 5.74) is 8.22. The second-order valence-corrected chi connectivity index (χ2v) is 6.16. The lowest BCUT2D eigenvalue weighted by atomic mass is 10.0. The number of hydrogen-bond donors (Lipinski definition) is 1. The van der Waals surface area contributed by atoms with E-state index in [2.05, 4.69) is 35.8 Å². The van der Waals surface area contributed by atoms with Gasteiger partial charge in [0.1, 0.15) is 0 Å². The quantitative estimate of drug-likeness (QED) is 0.933. The minimum absolute atomic E-state index is 0.0422. The zero-order chi connectivity index (χ0) is 13.3. The van der Waals surface area contributed by atoms with Crippen LogP contribution in [0.2, 0.25) is 0 Å². The van der Waals surface area contributed by atoms with Gasteiger partial charge in [-0.1, -0.05) is 35.8 Å². The summed E-state index contributed by atoms with van der Waals surface area (Å²) in [6.45, 7) is 4.92. The van der Waals surface area contributed by atoms with Crippen molar-refractivity contribution in [3.05, 3.63) is 28.2 Å². The fourth-order valence-corrected chi connectivity index (χ4v) is 2.74. The molecule has 3 nitrogen and oxygen atoms in total. The van der Waals surface area contributed by atoms with Gasteiger partial charge in [0.05, 0.1) is 6.04 Å². The third kappa shape index (κ3) is 2.75. The highest BCUT2D eigenvalue weighted by atomic mass is 79.9. The van der Waals surface area contributed by atoms with Gasteiger partial charge < -0.3 is 10.6 Å². The number of benzene rings is 1. The molecule has 2 rings (SSSR count). The summed E-state index contributed by atoms with van der Waals surface area (Å²) in [5, 5.41) is 0. The maximum absolute atomic E-state index is 12.3. The molecule has 1 aromatic rings. The van der Waals surface area contributed by atoms with Crippen molar-refractivity contribution >= 4 is 27.5 Å². The molecule has 0 unspecified atom stereocenters. The van der Waals surface area contributed by atoms with Crippen LogP contribution < -0.4 is 10.6 Å². The maximum Gasteiger partial charge on any atom is 0.243 e. The molecular weight excluding hydrogens is 292 g/mol. The Labute approximate surface area is 116 Å². The first-order chi connectivity index (χ1) is 8.49. The van der Waals surface area contributed by atoms with E-state index in [1.165, 1.54) is 5.56 Å². The molecule has 0 aliphatic carbocycles. The standard InChI is InChI=1S/C14H19BrN2O/c1-9(2)7-12(16)14(18)17-6-5-10-3-4-11(15)8-13(10)17/h3-4,8-9,12H,5-7,16H2,1-2H3/t12-/m0/s1. The van der Waals surface area contributed by atoms with Crippen LogP contribution in [-0.2, 0) is 11.2 Å². The minimum atomic E-state index is -0.394. The molecule has 4 heteroatoms. The first-order valence-corrected chi connectivity index (χ1v) is 7.13. The zero-order valence-corrected chi connectivity index (χ0v) is 12.4. The molecule has 0 spiro atoms. The molecule has 0 bridgehead atoms. The number of nitrogens with zero attached hydrogens (tertiary/aromatic N) is 1. The summed E-state index contributed by atoms with van der Waals surface area (Å²) in [7, 11) is 0. The minimum Gasteiger partial charge on any atom is -0.320 e. The van der Waals surface area contributed by atoms with Gasteiger partial charge in [0.25, 0.3) is 0 Å². The van der Waals surface area contributed by atoms with Crippen LogP contribution in [0.25, 0.3) is 0 Å². The van der Waals surface area contributed by atoms with Gasteiger partial charge in [-0.05, 0) is 36.5 Å². The van der Waals surface area contributed by atoms with Crippen molar-refractivity contribution in [3.63, 3.8) is 0 Å². The van der Waals surface area contributed by atoms with Gasteiger partial charge in [0, 0.05) is 16.7 Å². The predicted molar refractivity (Wildman–Crippen MR) is 77.6 cm³/mol. The molecule has 0 saturated carbocycles. The van der Waals surface area contributed by atoms with Gasteiger partial charge in [-0.2, -0.15) is 0 Å². The summed E-state index contributed by atoms with van der Waals surface area (Å²) in [6, 6.07) is 5.69. The van der Waals surface area contributed by atoms with E-state index in [0.29, 0.717) is 5.92 Å². The van der Waals surface area contributed by atoms with E-state index < -0.39 is 6.04 Å². The summed E-state index contributed by atoms with van der Waals surface area (Å²) in [4.78, 5) is 14.2. The number of nitrogens with two attached hydrogens (primary N) is 1. The molecule has 1 aliphatic rings. The Balaban J connectivity index is 2.17. The third-order valence-electron chi connectivity index (χ3n) is 3.25. The van der Waals surface area contributed by atoms with Crippen molar-refractivity contribution in [3.8, 4) is 0 Å². The fraction of sp³-hybridized carbons (Fsp3) is 0.500. The number of rotatable bonds is 3. The Morgan fingerprint density at radius 3 is 2.89 bits per heavy atom. The number of amides is 1. The zero-order valence-electron chi connectivity index (χ0n) is 10.8. The van der Waals surface area contributed by atoms with Gasteiger partial charge in [-0.15, -0.1) is 0 Å². The Morgan fingerprint density at radius 1 is 1.50 bits per heavy atom. The van der Waals surface area contributed by atoms with Crippen molar-refractivity contribution in [2.24, 2.45) is 11.7 Å². The van der Waals surface area contributed by atoms with Crippen LogP contribution in [-0.4, -0.2) is 18.5 Å². The summed E-state index contributed by atoms with van der Waals surface area (Å²) in [5.74, 6) is 0.481. The molecule has 2 N–H and O–H groups in total. The highest BCUT2D eigenvalue weighted by Gasteiger charge is 2.28. The van der Waals surface area contributed by atoms with Crippen molar-refractivity contribution in [2.45, 2.75) is 32.7 Å².